The standard InChI is InChI=1S/C12H8BrFN2O4S/c13-9-5-7(12(17)18)1-3-10(9)21(19,20)16-8-2-4-11(14)15-6-8/h1-6,16H,(H,17,18). The van der Waals surface area contributed by atoms with Crippen LogP contribution in [0.4, 0.5) is 10.1 Å². The molecule has 0 saturated carbocycles. The van der Waals surface area contributed by atoms with E-state index >= 15 is 0 Å². The molecule has 0 saturated heterocycles. The number of aromatic nitrogens is 1. The van der Waals surface area contributed by atoms with Gasteiger partial charge < -0.3 is 5.11 Å². The number of hydrogen-bond donors (Lipinski definition) is 2. The van der Waals surface area contributed by atoms with Crippen molar-refractivity contribution < 1.29 is 22.7 Å². The minimum Gasteiger partial charge on any atom is -0.478 e. The molecule has 1 aromatic carbocycles. The van der Waals surface area contributed by atoms with Gasteiger partial charge in [0, 0.05) is 4.47 Å². The van der Waals surface area contributed by atoms with Crippen LogP contribution in [-0.4, -0.2) is 24.5 Å². The highest BCUT2D eigenvalue weighted by molar-refractivity contribution is 9.10. The SMILES string of the molecule is O=C(O)c1ccc(S(=O)(=O)Nc2ccc(F)nc2)c(Br)c1. The van der Waals surface area contributed by atoms with Gasteiger partial charge in [0.15, 0.2) is 0 Å². The summed E-state index contributed by atoms with van der Waals surface area (Å²) >= 11 is 3.02. The van der Waals surface area contributed by atoms with E-state index in [0.717, 1.165) is 18.3 Å². The zero-order chi connectivity index (χ0) is 15.6. The van der Waals surface area contributed by atoms with Gasteiger partial charge in [0.05, 0.1) is 17.4 Å². The van der Waals surface area contributed by atoms with Crippen molar-refractivity contribution in [3.8, 4) is 0 Å². The number of anilines is 1. The van der Waals surface area contributed by atoms with Crippen LogP contribution >= 0.6 is 15.9 Å². The van der Waals surface area contributed by atoms with Crippen molar-refractivity contribution in [1.29, 1.82) is 0 Å². The normalized spacial score (nSPS) is 11.1. The molecule has 9 heteroatoms. The van der Waals surface area contributed by atoms with Crippen molar-refractivity contribution >= 4 is 37.6 Å². The van der Waals surface area contributed by atoms with Gasteiger partial charge in [-0.2, -0.15) is 4.39 Å². The maximum atomic E-state index is 12.7. The Hall–Kier alpha value is -2.00. The maximum Gasteiger partial charge on any atom is 0.335 e. The third-order valence-corrected chi connectivity index (χ3v) is 4.81. The van der Waals surface area contributed by atoms with Crippen LogP contribution in [0.1, 0.15) is 10.4 Å². The Bertz CT molecular complexity index is 793. The highest BCUT2D eigenvalue weighted by Crippen LogP contribution is 2.25. The molecule has 0 amide bonds. The fourth-order valence-corrected chi connectivity index (χ4v) is 3.62. The van der Waals surface area contributed by atoms with Crippen LogP contribution in [0.3, 0.4) is 0 Å². The number of hydrogen-bond acceptors (Lipinski definition) is 4. The first-order valence-electron chi connectivity index (χ1n) is 5.47. The van der Waals surface area contributed by atoms with Crippen molar-refractivity contribution in [2.24, 2.45) is 0 Å². The van der Waals surface area contributed by atoms with E-state index in [0.29, 0.717) is 0 Å². The first-order chi connectivity index (χ1) is 9.79. The lowest BCUT2D eigenvalue weighted by atomic mass is 10.2. The summed E-state index contributed by atoms with van der Waals surface area (Å²) in [7, 11) is -3.95. The molecule has 0 bridgehead atoms. The summed E-state index contributed by atoms with van der Waals surface area (Å²) in [6.07, 6.45) is 1.03. The summed E-state index contributed by atoms with van der Waals surface area (Å²) in [5, 5.41) is 8.83. The molecule has 6 nitrogen and oxygen atoms in total. The second-order valence-electron chi connectivity index (χ2n) is 3.93. The monoisotopic (exact) mass is 374 g/mol. The molecule has 2 N–H and O–H groups in total. The lowest BCUT2D eigenvalue weighted by molar-refractivity contribution is 0.0696. The van der Waals surface area contributed by atoms with E-state index in [1.165, 1.54) is 18.2 Å². The number of benzene rings is 1. The van der Waals surface area contributed by atoms with Crippen LogP contribution in [0.15, 0.2) is 45.9 Å². The largest absolute Gasteiger partial charge is 0.478 e. The zero-order valence-corrected chi connectivity index (χ0v) is 12.6. The number of carbonyl (C=O) groups is 1. The van der Waals surface area contributed by atoms with E-state index in [-0.39, 0.29) is 20.6 Å². The molecule has 2 rings (SSSR count). The third-order valence-electron chi connectivity index (χ3n) is 2.45. The Kier molecular flexibility index (Phi) is 4.24. The predicted octanol–water partition coefficient (Wildman–Crippen LogP) is 2.48. The number of carboxylic acids is 1. The molecule has 0 aliphatic rings. The Morgan fingerprint density at radius 1 is 1.29 bits per heavy atom. The Labute approximate surface area is 127 Å². The average molecular weight is 375 g/mol. The van der Waals surface area contributed by atoms with Gasteiger partial charge in [0.2, 0.25) is 5.95 Å². The smallest absolute Gasteiger partial charge is 0.335 e. The van der Waals surface area contributed by atoms with E-state index in [4.69, 9.17) is 5.11 Å². The zero-order valence-electron chi connectivity index (χ0n) is 10.2. The van der Waals surface area contributed by atoms with Crippen LogP contribution in [0.25, 0.3) is 0 Å². The third kappa shape index (κ3) is 3.56. The molecule has 1 aromatic heterocycles. The molecule has 21 heavy (non-hydrogen) atoms. The highest BCUT2D eigenvalue weighted by atomic mass is 79.9. The van der Waals surface area contributed by atoms with Crippen molar-refractivity contribution in [3.63, 3.8) is 0 Å². The van der Waals surface area contributed by atoms with Gasteiger partial charge >= 0.3 is 5.97 Å². The van der Waals surface area contributed by atoms with Gasteiger partial charge in [-0.1, -0.05) is 0 Å². The van der Waals surface area contributed by atoms with Crippen molar-refractivity contribution in [2.45, 2.75) is 4.90 Å². The van der Waals surface area contributed by atoms with Gasteiger partial charge in [-0.3, -0.25) is 4.72 Å². The number of halogens is 2. The van der Waals surface area contributed by atoms with Crippen molar-refractivity contribution in [3.05, 3.63) is 52.5 Å². The number of carboxylic acid groups (broad SMARTS) is 1. The molecule has 0 aliphatic heterocycles. The summed E-state index contributed by atoms with van der Waals surface area (Å²) in [6, 6.07) is 5.75. The molecule has 110 valence electrons. The van der Waals surface area contributed by atoms with Gasteiger partial charge in [0.25, 0.3) is 10.0 Å². The molecule has 0 radical (unpaired) electrons. The number of nitrogens with zero attached hydrogens (tertiary/aromatic N) is 1. The summed E-state index contributed by atoms with van der Waals surface area (Å²) < 4.78 is 39.4. The molecule has 0 aliphatic carbocycles. The predicted molar refractivity (Wildman–Crippen MR) is 76.1 cm³/mol. The number of nitrogens with one attached hydrogen (secondary N) is 1. The minimum absolute atomic E-state index is 0.0516. The fourth-order valence-electron chi connectivity index (χ4n) is 1.50. The Balaban J connectivity index is 2.35. The Morgan fingerprint density at radius 2 is 2.00 bits per heavy atom. The summed E-state index contributed by atoms with van der Waals surface area (Å²) in [4.78, 5) is 14.0. The molecule has 0 spiro atoms. The first-order valence-corrected chi connectivity index (χ1v) is 7.74. The van der Waals surface area contributed by atoms with Gasteiger partial charge in [0.1, 0.15) is 4.90 Å². The lowest BCUT2D eigenvalue weighted by Crippen LogP contribution is -2.14. The van der Waals surface area contributed by atoms with E-state index < -0.39 is 21.9 Å². The number of rotatable bonds is 4. The summed E-state index contributed by atoms with van der Waals surface area (Å²) in [6.45, 7) is 0. The van der Waals surface area contributed by atoms with Crippen LogP contribution in [0.2, 0.25) is 0 Å². The molecule has 1 heterocycles. The van der Waals surface area contributed by atoms with Gasteiger partial charge in [-0.15, -0.1) is 0 Å². The average Bonchev–Trinajstić information content (AvgIpc) is 2.40. The van der Waals surface area contributed by atoms with Crippen molar-refractivity contribution in [2.75, 3.05) is 4.72 Å². The van der Waals surface area contributed by atoms with Crippen LogP contribution in [-0.2, 0) is 10.0 Å². The van der Waals surface area contributed by atoms with Gasteiger partial charge in [-0.05, 0) is 46.3 Å². The molecule has 0 unspecified atom stereocenters. The quantitative estimate of drug-likeness (QED) is 0.801. The molecule has 0 atom stereocenters. The summed E-state index contributed by atoms with van der Waals surface area (Å²) in [5.74, 6) is -1.90. The molecule has 2 aromatic rings. The van der Waals surface area contributed by atoms with Crippen LogP contribution in [0.5, 0.6) is 0 Å². The second kappa shape index (κ2) is 5.78. The topological polar surface area (TPSA) is 96.4 Å². The van der Waals surface area contributed by atoms with E-state index in [1.807, 2.05) is 0 Å². The second-order valence-corrected chi connectivity index (χ2v) is 6.43. The van der Waals surface area contributed by atoms with Crippen LogP contribution < -0.4 is 4.72 Å². The fraction of sp³-hybridized carbons (Fsp3) is 0. The van der Waals surface area contributed by atoms with E-state index in [1.54, 1.807) is 0 Å². The van der Waals surface area contributed by atoms with Crippen molar-refractivity contribution in [1.82, 2.24) is 4.98 Å². The molecule has 0 fully saturated rings. The maximum absolute atomic E-state index is 12.7. The Morgan fingerprint density at radius 3 is 2.52 bits per heavy atom. The number of pyridine rings is 1. The van der Waals surface area contributed by atoms with Gasteiger partial charge in [-0.25, -0.2) is 18.2 Å². The summed E-state index contributed by atoms with van der Waals surface area (Å²) in [5.41, 5.74) is 0.0369. The number of aromatic carboxylic acids is 1. The first kappa shape index (κ1) is 15.4. The minimum atomic E-state index is -3.95. The molecular formula is C12H8BrFN2O4S. The molecular weight excluding hydrogens is 367 g/mol. The number of sulfonamides is 1. The highest BCUT2D eigenvalue weighted by Gasteiger charge is 2.19. The van der Waals surface area contributed by atoms with Crippen LogP contribution in [0, 0.1) is 5.95 Å². The van der Waals surface area contributed by atoms with E-state index in [2.05, 4.69) is 25.6 Å². The lowest BCUT2D eigenvalue weighted by Gasteiger charge is -2.09. The van der Waals surface area contributed by atoms with E-state index in [9.17, 15) is 17.6 Å².